The van der Waals surface area contributed by atoms with Gasteiger partial charge in [-0.25, -0.2) is 0 Å². The highest BCUT2D eigenvalue weighted by molar-refractivity contribution is 4.86. The molecule has 1 aliphatic heterocycles. The van der Waals surface area contributed by atoms with Crippen molar-refractivity contribution >= 4 is 0 Å². The van der Waals surface area contributed by atoms with Gasteiger partial charge in [-0.05, 0) is 25.3 Å². The van der Waals surface area contributed by atoms with Gasteiger partial charge in [-0.3, -0.25) is 4.90 Å². The molecule has 0 radical (unpaired) electrons. The maximum Gasteiger partial charge on any atom is 0.0220 e. The van der Waals surface area contributed by atoms with Gasteiger partial charge in [0.1, 0.15) is 0 Å². The SMILES string of the molecule is C=CCN(CC=C)CC1NCCCC1C. The van der Waals surface area contributed by atoms with Gasteiger partial charge in [0, 0.05) is 25.7 Å². The molecular formula is C13H24N2. The summed E-state index contributed by atoms with van der Waals surface area (Å²) in [4.78, 5) is 2.39. The molecule has 2 atom stereocenters. The van der Waals surface area contributed by atoms with E-state index in [0.29, 0.717) is 6.04 Å². The zero-order chi connectivity index (χ0) is 11.1. The minimum atomic E-state index is 0.638. The van der Waals surface area contributed by atoms with Crippen molar-refractivity contribution in [2.45, 2.75) is 25.8 Å². The third-order valence-electron chi connectivity index (χ3n) is 3.16. The average molecular weight is 208 g/mol. The summed E-state index contributed by atoms with van der Waals surface area (Å²) < 4.78 is 0. The zero-order valence-corrected chi connectivity index (χ0v) is 9.91. The van der Waals surface area contributed by atoms with Gasteiger partial charge in [-0.15, -0.1) is 13.2 Å². The summed E-state index contributed by atoms with van der Waals surface area (Å²) in [5, 5.41) is 3.61. The Morgan fingerprint density at radius 2 is 2.00 bits per heavy atom. The highest BCUT2D eigenvalue weighted by Crippen LogP contribution is 2.16. The van der Waals surface area contributed by atoms with Crippen LogP contribution in [0, 0.1) is 5.92 Å². The van der Waals surface area contributed by atoms with Crippen LogP contribution in [0.25, 0.3) is 0 Å². The first-order chi connectivity index (χ1) is 7.27. The van der Waals surface area contributed by atoms with Gasteiger partial charge in [0.2, 0.25) is 0 Å². The van der Waals surface area contributed by atoms with Crippen LogP contribution >= 0.6 is 0 Å². The van der Waals surface area contributed by atoms with Crippen LogP contribution in [0.1, 0.15) is 19.8 Å². The van der Waals surface area contributed by atoms with E-state index in [4.69, 9.17) is 0 Å². The fourth-order valence-corrected chi connectivity index (χ4v) is 2.23. The smallest absolute Gasteiger partial charge is 0.0220 e. The third kappa shape index (κ3) is 4.18. The number of hydrogen-bond acceptors (Lipinski definition) is 2. The summed E-state index contributed by atoms with van der Waals surface area (Å²) >= 11 is 0. The van der Waals surface area contributed by atoms with Gasteiger partial charge in [0.25, 0.3) is 0 Å². The van der Waals surface area contributed by atoms with Crippen LogP contribution in [0.5, 0.6) is 0 Å². The fourth-order valence-electron chi connectivity index (χ4n) is 2.23. The first kappa shape index (κ1) is 12.5. The zero-order valence-electron chi connectivity index (χ0n) is 9.91. The molecule has 0 aromatic carbocycles. The quantitative estimate of drug-likeness (QED) is 0.672. The van der Waals surface area contributed by atoms with Gasteiger partial charge < -0.3 is 5.32 Å². The van der Waals surface area contributed by atoms with Crippen LogP contribution in [0.2, 0.25) is 0 Å². The van der Waals surface area contributed by atoms with E-state index < -0.39 is 0 Å². The van der Waals surface area contributed by atoms with E-state index in [-0.39, 0.29) is 0 Å². The Kier molecular flexibility index (Phi) is 5.66. The highest BCUT2D eigenvalue weighted by Gasteiger charge is 2.22. The predicted molar refractivity (Wildman–Crippen MR) is 67.0 cm³/mol. The van der Waals surface area contributed by atoms with Crippen molar-refractivity contribution in [1.29, 1.82) is 0 Å². The topological polar surface area (TPSA) is 15.3 Å². The van der Waals surface area contributed by atoms with E-state index >= 15 is 0 Å². The average Bonchev–Trinajstić information content (AvgIpc) is 2.22. The van der Waals surface area contributed by atoms with Crippen molar-refractivity contribution in [2.75, 3.05) is 26.2 Å². The van der Waals surface area contributed by atoms with Crippen LogP contribution in [0.15, 0.2) is 25.3 Å². The van der Waals surface area contributed by atoms with Crippen molar-refractivity contribution in [3.8, 4) is 0 Å². The molecule has 1 heterocycles. The number of nitrogens with one attached hydrogen (secondary N) is 1. The molecule has 0 aromatic rings. The van der Waals surface area contributed by atoms with Crippen LogP contribution in [0.4, 0.5) is 0 Å². The first-order valence-corrected chi connectivity index (χ1v) is 5.95. The molecule has 1 N–H and O–H groups in total. The Morgan fingerprint density at radius 1 is 1.33 bits per heavy atom. The maximum atomic E-state index is 3.80. The number of rotatable bonds is 6. The second-order valence-electron chi connectivity index (χ2n) is 4.48. The van der Waals surface area contributed by atoms with Crippen molar-refractivity contribution in [3.05, 3.63) is 25.3 Å². The van der Waals surface area contributed by atoms with Crippen molar-refractivity contribution in [3.63, 3.8) is 0 Å². The van der Waals surface area contributed by atoms with Crippen molar-refractivity contribution in [2.24, 2.45) is 5.92 Å². The summed E-state index contributed by atoms with van der Waals surface area (Å²) in [6.07, 6.45) is 6.61. The van der Waals surface area contributed by atoms with Crippen LogP contribution in [-0.2, 0) is 0 Å². The Labute approximate surface area is 94.0 Å². The number of hydrogen-bond donors (Lipinski definition) is 1. The summed E-state index contributed by atoms with van der Waals surface area (Å²) in [6.45, 7) is 14.1. The van der Waals surface area contributed by atoms with E-state index in [1.54, 1.807) is 0 Å². The van der Waals surface area contributed by atoms with E-state index in [0.717, 1.165) is 25.6 Å². The van der Waals surface area contributed by atoms with Crippen molar-refractivity contribution < 1.29 is 0 Å². The van der Waals surface area contributed by atoms with E-state index in [1.165, 1.54) is 19.4 Å². The molecule has 0 bridgehead atoms. The Hall–Kier alpha value is -0.600. The fraction of sp³-hybridized carbons (Fsp3) is 0.692. The highest BCUT2D eigenvalue weighted by atomic mass is 15.1. The lowest BCUT2D eigenvalue weighted by Gasteiger charge is -2.34. The summed E-state index contributed by atoms with van der Waals surface area (Å²) in [5.74, 6) is 0.788. The molecule has 0 amide bonds. The molecule has 2 nitrogen and oxygen atoms in total. The Bertz CT molecular complexity index is 191. The van der Waals surface area contributed by atoms with E-state index in [1.807, 2.05) is 12.2 Å². The minimum absolute atomic E-state index is 0.638. The standard InChI is InChI=1S/C13H24N2/c1-4-9-15(10-5-2)11-13-12(3)7-6-8-14-13/h4-5,12-14H,1-2,6-11H2,3H3. The molecule has 1 fully saturated rings. The largest absolute Gasteiger partial charge is 0.312 e. The molecule has 86 valence electrons. The van der Waals surface area contributed by atoms with E-state index in [2.05, 4.69) is 30.3 Å². The van der Waals surface area contributed by atoms with Crippen LogP contribution in [0.3, 0.4) is 0 Å². The molecule has 2 unspecified atom stereocenters. The minimum Gasteiger partial charge on any atom is -0.312 e. The Balaban J connectivity index is 2.40. The molecule has 15 heavy (non-hydrogen) atoms. The van der Waals surface area contributed by atoms with Gasteiger partial charge in [-0.1, -0.05) is 19.1 Å². The van der Waals surface area contributed by atoms with Gasteiger partial charge in [0.05, 0.1) is 0 Å². The molecule has 0 aliphatic carbocycles. The van der Waals surface area contributed by atoms with Gasteiger partial charge in [0.15, 0.2) is 0 Å². The maximum absolute atomic E-state index is 3.80. The summed E-state index contributed by atoms with van der Waals surface area (Å²) in [6, 6.07) is 0.638. The Morgan fingerprint density at radius 3 is 2.53 bits per heavy atom. The van der Waals surface area contributed by atoms with E-state index in [9.17, 15) is 0 Å². The normalized spacial score (nSPS) is 26.5. The monoisotopic (exact) mass is 208 g/mol. The second kappa shape index (κ2) is 6.81. The summed E-state index contributed by atoms with van der Waals surface area (Å²) in [5.41, 5.74) is 0. The van der Waals surface area contributed by atoms with Crippen LogP contribution < -0.4 is 5.32 Å². The van der Waals surface area contributed by atoms with Gasteiger partial charge >= 0.3 is 0 Å². The lowest BCUT2D eigenvalue weighted by Crippen LogP contribution is -2.48. The molecule has 1 rings (SSSR count). The molecule has 2 heteroatoms. The van der Waals surface area contributed by atoms with Crippen LogP contribution in [-0.4, -0.2) is 37.1 Å². The first-order valence-electron chi connectivity index (χ1n) is 5.95. The predicted octanol–water partition coefficient (Wildman–Crippen LogP) is 2.05. The second-order valence-corrected chi connectivity index (χ2v) is 4.48. The number of piperidine rings is 1. The van der Waals surface area contributed by atoms with Gasteiger partial charge in [-0.2, -0.15) is 0 Å². The molecule has 1 saturated heterocycles. The molecule has 0 saturated carbocycles. The lowest BCUT2D eigenvalue weighted by atomic mass is 9.92. The number of nitrogens with zero attached hydrogens (tertiary/aromatic N) is 1. The molecule has 1 aliphatic rings. The lowest BCUT2D eigenvalue weighted by molar-refractivity contribution is 0.215. The third-order valence-corrected chi connectivity index (χ3v) is 3.16. The summed E-state index contributed by atoms with van der Waals surface area (Å²) in [7, 11) is 0. The molecular weight excluding hydrogens is 184 g/mol. The molecule has 0 spiro atoms. The van der Waals surface area contributed by atoms with Crippen molar-refractivity contribution in [1.82, 2.24) is 10.2 Å². The molecule has 0 aromatic heterocycles.